The van der Waals surface area contributed by atoms with Crippen molar-refractivity contribution < 1.29 is 9.59 Å². The number of carbonyl (C=O) groups is 2. The Balaban J connectivity index is 1.83. The van der Waals surface area contributed by atoms with Crippen LogP contribution in [0.3, 0.4) is 0 Å². The minimum absolute atomic E-state index is 0.213. The minimum atomic E-state index is -0.406. The molecule has 0 spiro atoms. The lowest BCUT2D eigenvalue weighted by atomic mass is 9.88. The first-order valence-corrected chi connectivity index (χ1v) is 7.15. The third-order valence-electron chi connectivity index (χ3n) is 4.24. The van der Waals surface area contributed by atoms with Crippen LogP contribution in [0.25, 0.3) is 0 Å². The first-order valence-electron chi connectivity index (χ1n) is 7.15. The molecule has 2 saturated heterocycles. The van der Waals surface area contributed by atoms with Gasteiger partial charge in [0.2, 0.25) is 5.91 Å². The molecule has 108 valence electrons. The van der Waals surface area contributed by atoms with Gasteiger partial charge in [-0.2, -0.15) is 0 Å². The second kappa shape index (κ2) is 6.34. The number of nitrogens with zero attached hydrogens (tertiary/aromatic N) is 1. The smallest absolute Gasteiger partial charge is 0.321 e. The molecule has 3 unspecified atom stereocenters. The summed E-state index contributed by atoms with van der Waals surface area (Å²) in [4.78, 5) is 25.5. The van der Waals surface area contributed by atoms with Gasteiger partial charge in [-0.05, 0) is 51.7 Å². The van der Waals surface area contributed by atoms with Crippen molar-refractivity contribution in [1.29, 1.82) is 0 Å². The molecular formula is C13H24N4O2. The summed E-state index contributed by atoms with van der Waals surface area (Å²) in [5.41, 5.74) is 0. The maximum absolute atomic E-state index is 12.0. The first kappa shape index (κ1) is 14.3. The zero-order valence-electron chi connectivity index (χ0n) is 11.7. The summed E-state index contributed by atoms with van der Waals surface area (Å²) >= 11 is 0. The Hall–Kier alpha value is -1.14. The highest BCUT2D eigenvalue weighted by Gasteiger charge is 2.35. The van der Waals surface area contributed by atoms with Crippen LogP contribution in [0, 0.1) is 11.8 Å². The van der Waals surface area contributed by atoms with Crippen LogP contribution >= 0.6 is 0 Å². The monoisotopic (exact) mass is 268 g/mol. The molecule has 3 amide bonds. The van der Waals surface area contributed by atoms with Gasteiger partial charge in [-0.1, -0.05) is 0 Å². The number of carbonyl (C=O) groups excluding carboxylic acids is 2. The van der Waals surface area contributed by atoms with E-state index in [4.69, 9.17) is 0 Å². The van der Waals surface area contributed by atoms with Crippen molar-refractivity contribution >= 4 is 11.9 Å². The molecule has 19 heavy (non-hydrogen) atoms. The molecule has 0 aromatic carbocycles. The van der Waals surface area contributed by atoms with E-state index in [1.165, 1.54) is 0 Å². The number of nitrogens with one attached hydrogen (secondary N) is 3. The Morgan fingerprint density at radius 3 is 2.84 bits per heavy atom. The Morgan fingerprint density at radius 2 is 2.11 bits per heavy atom. The van der Waals surface area contributed by atoms with E-state index in [0.717, 1.165) is 38.5 Å². The van der Waals surface area contributed by atoms with E-state index >= 15 is 0 Å². The topological polar surface area (TPSA) is 73.5 Å². The Bertz CT molecular complexity index is 348. The largest absolute Gasteiger partial charge is 0.338 e. The molecule has 0 aromatic heterocycles. The lowest BCUT2D eigenvalue weighted by Crippen LogP contribution is -2.53. The van der Waals surface area contributed by atoms with Crippen LogP contribution in [0.4, 0.5) is 4.79 Å². The molecular weight excluding hydrogens is 244 g/mol. The van der Waals surface area contributed by atoms with Crippen molar-refractivity contribution in [2.24, 2.45) is 11.8 Å². The predicted molar refractivity (Wildman–Crippen MR) is 72.7 cm³/mol. The summed E-state index contributed by atoms with van der Waals surface area (Å²) in [6.45, 7) is 8.26. The molecule has 2 rings (SSSR count). The molecule has 6 heteroatoms. The van der Waals surface area contributed by atoms with Crippen LogP contribution in [-0.4, -0.2) is 55.6 Å². The summed E-state index contributed by atoms with van der Waals surface area (Å²) < 4.78 is 0. The van der Waals surface area contributed by atoms with Crippen LogP contribution in [-0.2, 0) is 4.79 Å². The zero-order chi connectivity index (χ0) is 13.8. The van der Waals surface area contributed by atoms with E-state index in [1.54, 1.807) is 0 Å². The van der Waals surface area contributed by atoms with Gasteiger partial charge in [-0.15, -0.1) is 0 Å². The first-order chi connectivity index (χ1) is 9.11. The van der Waals surface area contributed by atoms with Crippen LogP contribution in [0.2, 0.25) is 0 Å². The molecule has 6 nitrogen and oxygen atoms in total. The van der Waals surface area contributed by atoms with Crippen LogP contribution in [0.5, 0.6) is 0 Å². The lowest BCUT2D eigenvalue weighted by molar-refractivity contribution is -0.125. The summed E-state index contributed by atoms with van der Waals surface area (Å²) in [6.07, 6.45) is 1.14. The predicted octanol–water partition coefficient (Wildman–Crippen LogP) is -0.238. The molecule has 0 aliphatic carbocycles. The number of likely N-dealkylation sites (tertiary alicyclic amines) is 1. The Morgan fingerprint density at radius 1 is 1.37 bits per heavy atom. The van der Waals surface area contributed by atoms with Crippen LogP contribution in [0.1, 0.15) is 20.3 Å². The van der Waals surface area contributed by atoms with E-state index in [2.05, 4.69) is 20.9 Å². The zero-order valence-corrected chi connectivity index (χ0v) is 11.7. The number of amides is 3. The molecule has 0 radical (unpaired) electrons. The fourth-order valence-electron chi connectivity index (χ4n) is 3.00. The van der Waals surface area contributed by atoms with Crippen molar-refractivity contribution in [3.05, 3.63) is 0 Å². The van der Waals surface area contributed by atoms with Crippen LogP contribution in [0.15, 0.2) is 0 Å². The molecule has 2 aliphatic rings. The number of piperidine rings is 1. The highest BCUT2D eigenvalue weighted by Crippen LogP contribution is 2.27. The van der Waals surface area contributed by atoms with Gasteiger partial charge in [0.25, 0.3) is 0 Å². The Kier molecular flexibility index (Phi) is 4.76. The van der Waals surface area contributed by atoms with Gasteiger partial charge in [0.05, 0.1) is 6.04 Å². The van der Waals surface area contributed by atoms with E-state index in [1.807, 2.05) is 13.8 Å². The fraction of sp³-hybridized carbons (Fsp3) is 0.846. The summed E-state index contributed by atoms with van der Waals surface area (Å²) in [5.74, 6) is 1.19. The van der Waals surface area contributed by atoms with Gasteiger partial charge in [0.15, 0.2) is 0 Å². The van der Waals surface area contributed by atoms with E-state index < -0.39 is 6.03 Å². The van der Waals surface area contributed by atoms with Gasteiger partial charge in [0.1, 0.15) is 0 Å². The Labute approximate surface area is 114 Å². The summed E-state index contributed by atoms with van der Waals surface area (Å²) in [7, 11) is 0. The number of hydrogen-bond acceptors (Lipinski definition) is 4. The fourth-order valence-corrected chi connectivity index (χ4v) is 3.00. The number of fused-ring (bicyclic) bond motifs is 1. The van der Waals surface area contributed by atoms with Gasteiger partial charge >= 0.3 is 6.03 Å². The van der Waals surface area contributed by atoms with Crippen LogP contribution < -0.4 is 16.0 Å². The normalized spacial score (nSPS) is 28.5. The van der Waals surface area contributed by atoms with Gasteiger partial charge in [-0.3, -0.25) is 15.0 Å². The minimum Gasteiger partial charge on any atom is -0.338 e. The second-order valence-corrected chi connectivity index (χ2v) is 5.49. The highest BCUT2D eigenvalue weighted by molar-refractivity contribution is 5.96. The third-order valence-corrected chi connectivity index (χ3v) is 4.24. The molecule has 2 heterocycles. The molecule has 3 N–H and O–H groups in total. The SMILES string of the molecule is CCNC(=O)NC(=O)C(C)N1CCC2CNCC2C1. The molecule has 0 aromatic rings. The average Bonchev–Trinajstić information content (AvgIpc) is 2.85. The second-order valence-electron chi connectivity index (χ2n) is 5.49. The summed E-state index contributed by atoms with van der Waals surface area (Å²) in [6, 6.07) is -0.652. The molecule has 0 bridgehead atoms. The maximum atomic E-state index is 12.0. The molecule has 0 saturated carbocycles. The highest BCUT2D eigenvalue weighted by atomic mass is 16.2. The van der Waals surface area contributed by atoms with Crippen molar-refractivity contribution in [2.45, 2.75) is 26.3 Å². The maximum Gasteiger partial charge on any atom is 0.321 e. The van der Waals surface area contributed by atoms with E-state index in [0.29, 0.717) is 12.5 Å². The molecule has 2 fully saturated rings. The lowest BCUT2D eigenvalue weighted by Gasteiger charge is -2.37. The van der Waals surface area contributed by atoms with E-state index in [9.17, 15) is 9.59 Å². The number of hydrogen-bond donors (Lipinski definition) is 3. The number of urea groups is 1. The summed E-state index contributed by atoms with van der Waals surface area (Å²) in [5, 5.41) is 8.37. The number of imide groups is 1. The quantitative estimate of drug-likeness (QED) is 0.660. The van der Waals surface area contributed by atoms with Crippen molar-refractivity contribution in [3.63, 3.8) is 0 Å². The third kappa shape index (κ3) is 3.45. The molecule has 3 atom stereocenters. The van der Waals surface area contributed by atoms with Crippen molar-refractivity contribution in [1.82, 2.24) is 20.9 Å². The standard InChI is InChI=1S/C13H24N4O2/c1-3-15-13(19)16-12(18)9(2)17-5-4-10-6-14-7-11(10)8-17/h9-11,14H,3-8H2,1-2H3,(H2,15,16,18,19). The van der Waals surface area contributed by atoms with Crippen molar-refractivity contribution in [3.8, 4) is 0 Å². The van der Waals surface area contributed by atoms with Crippen molar-refractivity contribution in [2.75, 3.05) is 32.7 Å². The average molecular weight is 268 g/mol. The molecule has 2 aliphatic heterocycles. The van der Waals surface area contributed by atoms with E-state index in [-0.39, 0.29) is 11.9 Å². The van der Waals surface area contributed by atoms with Gasteiger partial charge < -0.3 is 10.6 Å². The van der Waals surface area contributed by atoms with Gasteiger partial charge in [0, 0.05) is 13.1 Å². The number of rotatable bonds is 3. The van der Waals surface area contributed by atoms with Gasteiger partial charge in [-0.25, -0.2) is 4.79 Å².